The number of alkyl halides is 1. The van der Waals surface area contributed by atoms with Crippen LogP contribution in [-0.2, 0) is 6.42 Å². The molecule has 17 heavy (non-hydrogen) atoms. The van der Waals surface area contributed by atoms with Crippen molar-refractivity contribution in [1.82, 2.24) is 5.32 Å². The van der Waals surface area contributed by atoms with Crippen LogP contribution in [0, 0.1) is 0 Å². The number of anilines is 1. The number of nitrogens with two attached hydrogens (primary N) is 1. The van der Waals surface area contributed by atoms with Gasteiger partial charge in [-0.15, -0.1) is 0 Å². The molecule has 1 aliphatic rings. The fraction of sp³-hybridized carbons (Fsp3) is 0.538. The quantitative estimate of drug-likeness (QED) is 0.819. The van der Waals surface area contributed by atoms with E-state index in [0.29, 0.717) is 6.42 Å². The number of nitrogens with one attached hydrogen (secondary N) is 1. The first-order valence-electron chi connectivity index (χ1n) is 6.16. The van der Waals surface area contributed by atoms with Crippen molar-refractivity contribution in [2.24, 2.45) is 5.73 Å². The van der Waals surface area contributed by atoms with Gasteiger partial charge in [0.15, 0.2) is 0 Å². The van der Waals surface area contributed by atoms with Gasteiger partial charge in [0.2, 0.25) is 0 Å². The third-order valence-corrected chi connectivity index (χ3v) is 3.11. The Balaban J connectivity index is 1.97. The van der Waals surface area contributed by atoms with Gasteiger partial charge < -0.3 is 16.0 Å². The second-order valence-electron chi connectivity index (χ2n) is 4.52. The normalized spacial score (nSPS) is 18.1. The SMILES string of the molecule is N[C@H](CF)Cc1ccc(N2CCNCC2)cc1. The molecular weight excluding hydrogens is 217 g/mol. The van der Waals surface area contributed by atoms with Crippen molar-refractivity contribution < 1.29 is 4.39 Å². The Morgan fingerprint density at radius 2 is 1.88 bits per heavy atom. The predicted octanol–water partition coefficient (Wildman–Crippen LogP) is 0.935. The number of hydrogen-bond donors (Lipinski definition) is 2. The van der Waals surface area contributed by atoms with Crippen LogP contribution >= 0.6 is 0 Å². The molecule has 1 aromatic carbocycles. The van der Waals surface area contributed by atoms with Crippen LogP contribution in [0.3, 0.4) is 0 Å². The first kappa shape index (κ1) is 12.3. The molecule has 1 aromatic rings. The molecule has 0 aromatic heterocycles. The van der Waals surface area contributed by atoms with Gasteiger partial charge in [-0.2, -0.15) is 0 Å². The second kappa shape index (κ2) is 5.98. The van der Waals surface area contributed by atoms with Gasteiger partial charge in [0.1, 0.15) is 6.67 Å². The summed E-state index contributed by atoms with van der Waals surface area (Å²) < 4.78 is 12.3. The second-order valence-corrected chi connectivity index (χ2v) is 4.52. The molecule has 1 aliphatic heterocycles. The zero-order valence-corrected chi connectivity index (χ0v) is 10.0. The van der Waals surface area contributed by atoms with Crippen LogP contribution in [0.5, 0.6) is 0 Å². The largest absolute Gasteiger partial charge is 0.369 e. The molecular formula is C13H20FN3. The molecule has 2 rings (SSSR count). The van der Waals surface area contributed by atoms with Crippen LogP contribution < -0.4 is 16.0 Å². The number of halogens is 1. The Hall–Kier alpha value is -1.13. The van der Waals surface area contributed by atoms with Crippen molar-refractivity contribution in [3.63, 3.8) is 0 Å². The zero-order chi connectivity index (χ0) is 12.1. The van der Waals surface area contributed by atoms with Crippen LogP contribution in [0.4, 0.5) is 10.1 Å². The molecule has 0 amide bonds. The van der Waals surface area contributed by atoms with Crippen LogP contribution in [0.15, 0.2) is 24.3 Å². The summed E-state index contributed by atoms with van der Waals surface area (Å²) in [6, 6.07) is 7.93. The Morgan fingerprint density at radius 3 is 2.47 bits per heavy atom. The number of benzene rings is 1. The molecule has 1 atom stereocenters. The molecule has 0 saturated carbocycles. The molecule has 1 saturated heterocycles. The average Bonchev–Trinajstić information content (AvgIpc) is 2.40. The summed E-state index contributed by atoms with van der Waals surface area (Å²) in [4.78, 5) is 2.36. The molecule has 0 unspecified atom stereocenters. The lowest BCUT2D eigenvalue weighted by Crippen LogP contribution is -2.43. The Bertz CT molecular complexity index is 333. The summed E-state index contributed by atoms with van der Waals surface area (Å²) in [7, 11) is 0. The van der Waals surface area contributed by atoms with E-state index in [1.807, 2.05) is 12.1 Å². The zero-order valence-electron chi connectivity index (χ0n) is 10.0. The molecule has 0 bridgehead atoms. The van der Waals surface area contributed by atoms with Gasteiger partial charge in [-0.05, 0) is 24.1 Å². The minimum atomic E-state index is -0.459. The topological polar surface area (TPSA) is 41.3 Å². The van der Waals surface area contributed by atoms with E-state index in [-0.39, 0.29) is 6.04 Å². The average molecular weight is 237 g/mol. The van der Waals surface area contributed by atoms with E-state index < -0.39 is 6.67 Å². The van der Waals surface area contributed by atoms with E-state index in [0.717, 1.165) is 31.7 Å². The van der Waals surface area contributed by atoms with Gasteiger partial charge in [-0.1, -0.05) is 12.1 Å². The van der Waals surface area contributed by atoms with Crippen molar-refractivity contribution in [1.29, 1.82) is 0 Å². The molecule has 0 radical (unpaired) electrons. The summed E-state index contributed by atoms with van der Waals surface area (Å²) >= 11 is 0. The summed E-state index contributed by atoms with van der Waals surface area (Å²) in [5, 5.41) is 3.33. The van der Waals surface area contributed by atoms with E-state index in [1.165, 1.54) is 5.69 Å². The highest BCUT2D eigenvalue weighted by Crippen LogP contribution is 2.16. The maximum absolute atomic E-state index is 12.3. The van der Waals surface area contributed by atoms with Crippen molar-refractivity contribution in [2.75, 3.05) is 37.8 Å². The number of hydrogen-bond acceptors (Lipinski definition) is 3. The van der Waals surface area contributed by atoms with E-state index in [1.54, 1.807) is 0 Å². The van der Waals surface area contributed by atoms with Gasteiger partial charge in [-0.3, -0.25) is 0 Å². The highest BCUT2D eigenvalue weighted by Gasteiger charge is 2.10. The van der Waals surface area contributed by atoms with Gasteiger partial charge in [0.25, 0.3) is 0 Å². The lowest BCUT2D eigenvalue weighted by molar-refractivity contribution is 0.427. The summed E-state index contributed by atoms with van der Waals surface area (Å²) in [6.45, 7) is 3.70. The molecule has 3 nitrogen and oxygen atoms in total. The molecule has 4 heteroatoms. The van der Waals surface area contributed by atoms with Crippen molar-refractivity contribution in [3.8, 4) is 0 Å². The van der Waals surface area contributed by atoms with Crippen molar-refractivity contribution >= 4 is 5.69 Å². The number of rotatable bonds is 4. The summed E-state index contributed by atoms with van der Waals surface area (Å²) in [5.74, 6) is 0. The van der Waals surface area contributed by atoms with Crippen molar-refractivity contribution in [3.05, 3.63) is 29.8 Å². The fourth-order valence-electron chi connectivity index (χ4n) is 2.12. The highest BCUT2D eigenvalue weighted by atomic mass is 19.1. The smallest absolute Gasteiger partial charge is 0.105 e. The first-order chi connectivity index (χ1) is 8.29. The van der Waals surface area contributed by atoms with Crippen LogP contribution in [0.25, 0.3) is 0 Å². The summed E-state index contributed by atoms with van der Waals surface area (Å²) in [6.07, 6.45) is 0.609. The lowest BCUT2D eigenvalue weighted by atomic mass is 10.1. The molecule has 94 valence electrons. The van der Waals surface area contributed by atoms with Crippen LogP contribution in [0.1, 0.15) is 5.56 Å². The minimum Gasteiger partial charge on any atom is -0.369 e. The standard InChI is InChI=1S/C13H20FN3/c14-10-12(15)9-11-1-3-13(4-2-11)17-7-5-16-6-8-17/h1-4,12,16H,5-10,15H2/t12-/m0/s1. The molecule has 1 heterocycles. The highest BCUT2D eigenvalue weighted by molar-refractivity contribution is 5.48. The van der Waals surface area contributed by atoms with Gasteiger partial charge in [-0.25, -0.2) is 4.39 Å². The van der Waals surface area contributed by atoms with Crippen LogP contribution in [0.2, 0.25) is 0 Å². The van der Waals surface area contributed by atoms with Crippen molar-refractivity contribution in [2.45, 2.75) is 12.5 Å². The first-order valence-corrected chi connectivity index (χ1v) is 6.16. The molecule has 0 spiro atoms. The maximum atomic E-state index is 12.3. The third kappa shape index (κ3) is 3.41. The molecule has 0 aliphatic carbocycles. The summed E-state index contributed by atoms with van der Waals surface area (Å²) in [5.41, 5.74) is 7.94. The number of nitrogens with zero attached hydrogens (tertiary/aromatic N) is 1. The molecule has 3 N–H and O–H groups in total. The van der Waals surface area contributed by atoms with E-state index in [2.05, 4.69) is 22.3 Å². The van der Waals surface area contributed by atoms with Crippen LogP contribution in [-0.4, -0.2) is 38.9 Å². The lowest BCUT2D eigenvalue weighted by Gasteiger charge is -2.29. The Morgan fingerprint density at radius 1 is 1.24 bits per heavy atom. The maximum Gasteiger partial charge on any atom is 0.105 e. The van der Waals surface area contributed by atoms with E-state index >= 15 is 0 Å². The van der Waals surface area contributed by atoms with Gasteiger partial charge >= 0.3 is 0 Å². The third-order valence-electron chi connectivity index (χ3n) is 3.11. The molecule has 1 fully saturated rings. The minimum absolute atomic E-state index is 0.375. The monoisotopic (exact) mass is 237 g/mol. The van der Waals surface area contributed by atoms with Gasteiger partial charge in [0.05, 0.1) is 0 Å². The van der Waals surface area contributed by atoms with E-state index in [4.69, 9.17) is 5.73 Å². The van der Waals surface area contributed by atoms with Gasteiger partial charge in [0, 0.05) is 37.9 Å². The fourth-order valence-corrected chi connectivity index (χ4v) is 2.12. The Kier molecular flexibility index (Phi) is 4.34. The van der Waals surface area contributed by atoms with E-state index in [9.17, 15) is 4.39 Å². The Labute approximate surface area is 102 Å². The predicted molar refractivity (Wildman–Crippen MR) is 69.2 cm³/mol. The number of piperazine rings is 1.